The minimum atomic E-state index is -0.507. The van der Waals surface area contributed by atoms with E-state index in [-0.39, 0.29) is 11.9 Å². The number of nitrogens with zero attached hydrogens (tertiary/aromatic N) is 1. The summed E-state index contributed by atoms with van der Waals surface area (Å²) in [6.45, 7) is 5.59. The normalized spacial score (nSPS) is 31.3. The van der Waals surface area contributed by atoms with E-state index in [1.54, 1.807) is 23.6 Å². The first-order valence-electron chi connectivity index (χ1n) is 6.89. The minimum absolute atomic E-state index is 0.0448. The lowest BCUT2D eigenvalue weighted by Crippen LogP contribution is -2.60. The van der Waals surface area contributed by atoms with Crippen LogP contribution in [0.1, 0.15) is 26.7 Å². The van der Waals surface area contributed by atoms with Crippen molar-refractivity contribution >= 4 is 23.6 Å². The highest BCUT2D eigenvalue weighted by Crippen LogP contribution is 2.26. The zero-order chi connectivity index (χ0) is 13.9. The molecule has 0 aromatic rings. The van der Waals surface area contributed by atoms with Crippen molar-refractivity contribution in [2.24, 2.45) is 0 Å². The molecule has 5 nitrogen and oxygen atoms in total. The maximum Gasteiger partial charge on any atom is 0.329 e. The average molecular weight is 286 g/mol. The summed E-state index contributed by atoms with van der Waals surface area (Å²) in [5.41, 5.74) is -0.507. The van der Waals surface area contributed by atoms with Crippen molar-refractivity contribution in [1.82, 2.24) is 10.2 Å². The lowest BCUT2D eigenvalue weighted by Gasteiger charge is -2.38. The quantitative estimate of drug-likeness (QED) is 0.771. The third-order valence-electron chi connectivity index (χ3n) is 3.79. The van der Waals surface area contributed by atoms with Crippen LogP contribution in [-0.4, -0.2) is 59.6 Å². The zero-order valence-corrected chi connectivity index (χ0v) is 12.4. The summed E-state index contributed by atoms with van der Waals surface area (Å²) < 4.78 is 5.09. The molecule has 0 radical (unpaired) electrons. The van der Waals surface area contributed by atoms with Crippen molar-refractivity contribution in [2.45, 2.75) is 38.3 Å². The second-order valence-electron chi connectivity index (χ2n) is 5.20. The molecule has 2 fully saturated rings. The maximum atomic E-state index is 12.7. The van der Waals surface area contributed by atoms with Crippen molar-refractivity contribution in [1.29, 1.82) is 0 Å². The second kappa shape index (κ2) is 6.13. The molecule has 0 spiro atoms. The summed E-state index contributed by atoms with van der Waals surface area (Å²) in [7, 11) is 0. The number of ether oxygens (including phenoxy) is 1. The van der Waals surface area contributed by atoms with E-state index >= 15 is 0 Å². The van der Waals surface area contributed by atoms with Gasteiger partial charge in [-0.25, -0.2) is 4.79 Å². The number of nitrogens with one attached hydrogen (secondary N) is 1. The monoisotopic (exact) mass is 286 g/mol. The van der Waals surface area contributed by atoms with Crippen LogP contribution in [0.5, 0.6) is 0 Å². The number of hydrogen-bond donors (Lipinski definition) is 1. The van der Waals surface area contributed by atoms with Crippen LogP contribution >= 0.6 is 11.8 Å². The Kier molecular flexibility index (Phi) is 4.73. The Bertz CT molecular complexity index is 356. The molecule has 0 aromatic heterocycles. The molecule has 2 aliphatic rings. The Morgan fingerprint density at radius 3 is 2.95 bits per heavy atom. The van der Waals surface area contributed by atoms with Crippen LogP contribution in [0.4, 0.5) is 0 Å². The van der Waals surface area contributed by atoms with Crippen LogP contribution in [0, 0.1) is 0 Å². The number of thioether (sulfide) groups is 1. The van der Waals surface area contributed by atoms with Crippen molar-refractivity contribution in [3.8, 4) is 0 Å². The fraction of sp³-hybridized carbons (Fsp3) is 0.846. The molecule has 0 aromatic carbocycles. The number of amides is 1. The maximum absolute atomic E-state index is 12.7. The summed E-state index contributed by atoms with van der Waals surface area (Å²) in [6.07, 6.45) is 1.85. The smallest absolute Gasteiger partial charge is 0.329 e. The van der Waals surface area contributed by atoms with E-state index in [0.717, 1.165) is 25.1 Å². The highest BCUT2D eigenvalue weighted by Gasteiger charge is 2.43. The van der Waals surface area contributed by atoms with Crippen molar-refractivity contribution in [3.05, 3.63) is 0 Å². The fourth-order valence-corrected chi connectivity index (χ4v) is 3.71. The predicted octanol–water partition coefficient (Wildman–Crippen LogP) is 0.636. The van der Waals surface area contributed by atoms with Crippen LogP contribution in [-0.2, 0) is 14.3 Å². The first kappa shape index (κ1) is 14.7. The van der Waals surface area contributed by atoms with Crippen molar-refractivity contribution in [2.75, 3.05) is 31.2 Å². The topological polar surface area (TPSA) is 58.6 Å². The first-order chi connectivity index (χ1) is 9.08. The summed E-state index contributed by atoms with van der Waals surface area (Å²) in [4.78, 5) is 26.4. The van der Waals surface area contributed by atoms with E-state index in [1.165, 1.54) is 0 Å². The second-order valence-corrected chi connectivity index (χ2v) is 6.35. The Hall–Kier alpha value is -0.750. The van der Waals surface area contributed by atoms with Gasteiger partial charge in [-0.05, 0) is 33.2 Å². The Morgan fingerprint density at radius 1 is 1.53 bits per heavy atom. The molecule has 6 heteroatoms. The molecular weight excluding hydrogens is 264 g/mol. The van der Waals surface area contributed by atoms with Crippen LogP contribution < -0.4 is 5.32 Å². The lowest BCUT2D eigenvalue weighted by molar-refractivity contribution is -0.155. The highest BCUT2D eigenvalue weighted by atomic mass is 32.2. The average Bonchev–Trinajstić information content (AvgIpc) is 2.86. The van der Waals surface area contributed by atoms with E-state index in [1.807, 2.05) is 6.92 Å². The van der Waals surface area contributed by atoms with E-state index in [2.05, 4.69) is 5.32 Å². The molecular formula is C13H22N2O3S. The van der Waals surface area contributed by atoms with E-state index in [0.29, 0.717) is 18.9 Å². The van der Waals surface area contributed by atoms with E-state index in [9.17, 15) is 9.59 Å². The van der Waals surface area contributed by atoms with Gasteiger partial charge in [-0.3, -0.25) is 4.79 Å². The SMILES string of the molecule is CCOC(=O)C1CSCCN1C(=O)C1(C)CCCN1. The Labute approximate surface area is 118 Å². The van der Waals surface area contributed by atoms with Gasteiger partial charge < -0.3 is 15.0 Å². The van der Waals surface area contributed by atoms with E-state index in [4.69, 9.17) is 4.74 Å². The van der Waals surface area contributed by atoms with Gasteiger partial charge in [-0.2, -0.15) is 11.8 Å². The molecule has 108 valence electrons. The number of carbonyl (C=O) groups excluding carboxylic acids is 2. The number of rotatable bonds is 3. The van der Waals surface area contributed by atoms with Gasteiger partial charge in [0.25, 0.3) is 0 Å². The van der Waals surface area contributed by atoms with Gasteiger partial charge in [0.05, 0.1) is 12.1 Å². The van der Waals surface area contributed by atoms with Gasteiger partial charge in [-0.1, -0.05) is 0 Å². The fourth-order valence-electron chi connectivity index (χ4n) is 2.67. The summed E-state index contributed by atoms with van der Waals surface area (Å²) in [5, 5.41) is 3.27. The third-order valence-corrected chi connectivity index (χ3v) is 4.81. The Balaban J connectivity index is 2.10. The van der Waals surface area contributed by atoms with Gasteiger partial charge in [0.15, 0.2) is 0 Å². The summed E-state index contributed by atoms with van der Waals surface area (Å²) in [5.74, 6) is 1.30. The molecule has 0 saturated carbocycles. The molecule has 1 amide bonds. The van der Waals surface area contributed by atoms with Crippen molar-refractivity contribution in [3.63, 3.8) is 0 Å². The zero-order valence-electron chi connectivity index (χ0n) is 11.6. The molecule has 2 rings (SSSR count). The van der Waals surface area contributed by atoms with Gasteiger partial charge in [0.2, 0.25) is 5.91 Å². The third kappa shape index (κ3) is 3.05. The molecule has 1 N–H and O–H groups in total. The van der Waals surface area contributed by atoms with Gasteiger partial charge >= 0.3 is 5.97 Å². The molecule has 2 saturated heterocycles. The largest absolute Gasteiger partial charge is 0.464 e. The lowest BCUT2D eigenvalue weighted by atomic mass is 9.97. The van der Waals surface area contributed by atoms with Gasteiger partial charge in [-0.15, -0.1) is 0 Å². The van der Waals surface area contributed by atoms with Gasteiger partial charge in [0, 0.05) is 18.1 Å². The van der Waals surface area contributed by atoms with Crippen molar-refractivity contribution < 1.29 is 14.3 Å². The molecule has 0 bridgehead atoms. The molecule has 0 aliphatic carbocycles. The number of hydrogen-bond acceptors (Lipinski definition) is 5. The van der Waals surface area contributed by atoms with Crippen LogP contribution in [0.2, 0.25) is 0 Å². The summed E-state index contributed by atoms with van der Waals surface area (Å²) >= 11 is 1.70. The molecule has 2 atom stereocenters. The first-order valence-corrected chi connectivity index (χ1v) is 8.04. The van der Waals surface area contributed by atoms with E-state index < -0.39 is 11.6 Å². The standard InChI is InChI=1S/C13H22N2O3S/c1-3-18-11(16)10-9-19-8-7-15(10)12(17)13(2)5-4-6-14-13/h10,14H,3-9H2,1-2H3. The number of carbonyl (C=O) groups is 2. The molecule has 2 aliphatic heterocycles. The highest BCUT2D eigenvalue weighted by molar-refractivity contribution is 7.99. The molecule has 2 heterocycles. The summed E-state index contributed by atoms with van der Waals surface area (Å²) in [6, 6.07) is -0.426. The predicted molar refractivity (Wildman–Crippen MR) is 75.1 cm³/mol. The Morgan fingerprint density at radius 2 is 2.32 bits per heavy atom. The van der Waals surface area contributed by atoms with Crippen LogP contribution in [0.3, 0.4) is 0 Å². The van der Waals surface area contributed by atoms with Gasteiger partial charge in [0.1, 0.15) is 6.04 Å². The molecule has 2 unspecified atom stereocenters. The van der Waals surface area contributed by atoms with Crippen LogP contribution in [0.15, 0.2) is 0 Å². The molecule has 19 heavy (non-hydrogen) atoms. The minimum Gasteiger partial charge on any atom is -0.464 e. The number of esters is 1. The van der Waals surface area contributed by atoms with Crippen LogP contribution in [0.25, 0.3) is 0 Å².